The zero-order valence-electron chi connectivity index (χ0n) is 31.5. The van der Waals surface area contributed by atoms with Crippen molar-refractivity contribution in [1.82, 2.24) is 16.0 Å². The standard InChI is InChI=1S/C40H46N6O11/c1-22(2)15-28(37(50)45-27(39(52)53)9-6-12-43-40(41)42)46-38(51)29(16-23-7-4-3-5-8-23)44-34(48)21-56-25-18-30(47)35-33(19-25)57-20-26(36(35)49)24-10-11-31-32(17-24)55-14-13-54-31/h3-5,7-8,10-11,17-20,22,27-29,47H,6,9,12-16,21H2,1-2H3,(H,44,48)(H,45,50)(H,46,51)(H,52,53)(H4,41,42,43)/t27-,28-,29-/m1/s1. The maximum Gasteiger partial charge on any atom is 0.326 e. The van der Waals surface area contributed by atoms with Crippen LogP contribution in [0.4, 0.5) is 0 Å². The highest BCUT2D eigenvalue weighted by Crippen LogP contribution is 2.35. The summed E-state index contributed by atoms with van der Waals surface area (Å²) in [6.45, 7) is 4.03. The summed E-state index contributed by atoms with van der Waals surface area (Å²) in [6, 6.07) is 12.8. The van der Waals surface area contributed by atoms with Gasteiger partial charge < -0.3 is 56.3 Å². The number of nitrogens with one attached hydrogen (secondary N) is 3. The zero-order chi connectivity index (χ0) is 41.1. The minimum Gasteiger partial charge on any atom is -0.507 e. The van der Waals surface area contributed by atoms with Crippen LogP contribution in [0.2, 0.25) is 0 Å². The SMILES string of the molecule is CC(C)C[C@@H](NC(=O)[C@@H](Cc1ccccc1)NC(=O)COc1cc(O)c2c(=O)c(-c3ccc4c(c3)OCCO4)coc2c1)C(=O)N[C@H](CCCN=C(N)N)C(=O)O. The first kappa shape index (κ1) is 41.4. The molecule has 5 rings (SSSR count). The Labute approximate surface area is 327 Å². The summed E-state index contributed by atoms with van der Waals surface area (Å²) < 4.78 is 22.6. The monoisotopic (exact) mass is 786 g/mol. The van der Waals surface area contributed by atoms with Crippen LogP contribution in [0.15, 0.2) is 81.1 Å². The van der Waals surface area contributed by atoms with Crippen molar-refractivity contribution in [2.75, 3.05) is 26.4 Å². The number of carbonyl (C=O) groups excluding carboxylic acids is 3. The van der Waals surface area contributed by atoms with Crippen molar-refractivity contribution < 1.29 is 48.0 Å². The van der Waals surface area contributed by atoms with E-state index in [0.717, 1.165) is 0 Å². The van der Waals surface area contributed by atoms with Crippen LogP contribution in [0.3, 0.4) is 0 Å². The van der Waals surface area contributed by atoms with Gasteiger partial charge in [0.1, 0.15) is 60.1 Å². The van der Waals surface area contributed by atoms with Crippen LogP contribution in [-0.2, 0) is 25.6 Å². The first-order valence-electron chi connectivity index (χ1n) is 18.3. The number of phenolic OH excluding ortho intramolecular Hbond substituents is 1. The molecule has 0 radical (unpaired) electrons. The summed E-state index contributed by atoms with van der Waals surface area (Å²) in [5.74, 6) is -2.99. The van der Waals surface area contributed by atoms with E-state index in [1.165, 1.54) is 18.4 Å². The van der Waals surface area contributed by atoms with E-state index in [-0.39, 0.29) is 66.4 Å². The molecule has 9 N–H and O–H groups in total. The summed E-state index contributed by atoms with van der Waals surface area (Å²) in [4.78, 5) is 69.7. The smallest absolute Gasteiger partial charge is 0.326 e. The molecule has 1 aromatic heterocycles. The maximum atomic E-state index is 13.8. The predicted octanol–water partition coefficient (Wildman–Crippen LogP) is 2.20. The van der Waals surface area contributed by atoms with Crippen molar-refractivity contribution in [3.63, 3.8) is 0 Å². The number of aromatic hydroxyl groups is 1. The molecule has 1 aliphatic rings. The van der Waals surface area contributed by atoms with Crippen LogP contribution in [0, 0.1) is 5.92 Å². The Morgan fingerprint density at radius 3 is 2.30 bits per heavy atom. The number of benzene rings is 3. The molecule has 0 bridgehead atoms. The number of guanidine groups is 1. The number of nitrogens with zero attached hydrogens (tertiary/aromatic N) is 1. The van der Waals surface area contributed by atoms with E-state index in [0.29, 0.717) is 35.8 Å². The fourth-order valence-electron chi connectivity index (χ4n) is 6.15. The predicted molar refractivity (Wildman–Crippen MR) is 209 cm³/mol. The highest BCUT2D eigenvalue weighted by Gasteiger charge is 2.30. The summed E-state index contributed by atoms with van der Waals surface area (Å²) >= 11 is 0. The van der Waals surface area contributed by atoms with Gasteiger partial charge in [-0.05, 0) is 48.4 Å². The highest BCUT2D eigenvalue weighted by molar-refractivity contribution is 5.94. The number of carboxylic acids is 1. The Kier molecular flexibility index (Phi) is 13.9. The summed E-state index contributed by atoms with van der Waals surface area (Å²) in [5.41, 5.74) is 11.6. The van der Waals surface area contributed by atoms with Gasteiger partial charge in [-0.2, -0.15) is 0 Å². The number of phenols is 1. The van der Waals surface area contributed by atoms with Crippen molar-refractivity contribution in [1.29, 1.82) is 0 Å². The molecule has 0 unspecified atom stereocenters. The molecular formula is C40H46N6O11. The molecule has 17 nitrogen and oxygen atoms in total. The van der Waals surface area contributed by atoms with Gasteiger partial charge in [0.25, 0.3) is 5.91 Å². The van der Waals surface area contributed by atoms with E-state index in [2.05, 4.69) is 20.9 Å². The molecule has 17 heteroatoms. The lowest BCUT2D eigenvalue weighted by atomic mass is 10.0. The lowest BCUT2D eigenvalue weighted by molar-refractivity contribution is -0.142. The molecule has 0 saturated carbocycles. The quantitative estimate of drug-likeness (QED) is 0.0434. The van der Waals surface area contributed by atoms with Crippen molar-refractivity contribution >= 4 is 40.6 Å². The van der Waals surface area contributed by atoms with Gasteiger partial charge in [-0.15, -0.1) is 0 Å². The number of hydrogen-bond acceptors (Lipinski definition) is 11. The van der Waals surface area contributed by atoms with Gasteiger partial charge in [-0.1, -0.05) is 50.2 Å². The Hall–Kier alpha value is -6.78. The van der Waals surface area contributed by atoms with E-state index < -0.39 is 59.6 Å². The average Bonchev–Trinajstić information content (AvgIpc) is 3.17. The molecule has 2 heterocycles. The van der Waals surface area contributed by atoms with Crippen LogP contribution in [0.25, 0.3) is 22.1 Å². The third-order valence-electron chi connectivity index (χ3n) is 8.89. The molecule has 0 spiro atoms. The van der Waals surface area contributed by atoms with E-state index in [4.69, 9.17) is 30.1 Å². The zero-order valence-corrected chi connectivity index (χ0v) is 31.5. The molecule has 4 aromatic rings. The van der Waals surface area contributed by atoms with E-state index >= 15 is 0 Å². The number of hydrogen-bond donors (Lipinski definition) is 7. The minimum absolute atomic E-state index is 0.00593. The second-order valence-corrected chi connectivity index (χ2v) is 13.8. The minimum atomic E-state index is -1.26. The number of rotatable bonds is 18. The average molecular weight is 787 g/mol. The van der Waals surface area contributed by atoms with Crippen LogP contribution in [-0.4, -0.2) is 84.4 Å². The van der Waals surface area contributed by atoms with Crippen molar-refractivity contribution in [3.8, 4) is 34.1 Å². The van der Waals surface area contributed by atoms with Crippen molar-refractivity contribution in [2.45, 2.75) is 57.7 Å². The Bertz CT molecular complexity index is 2170. The third-order valence-corrected chi connectivity index (χ3v) is 8.89. The highest BCUT2D eigenvalue weighted by atomic mass is 16.6. The number of carboxylic acid groups (broad SMARTS) is 1. The fourth-order valence-corrected chi connectivity index (χ4v) is 6.15. The van der Waals surface area contributed by atoms with Crippen molar-refractivity contribution in [3.05, 3.63) is 82.7 Å². The normalized spacial score (nSPS) is 13.5. The molecule has 0 aliphatic carbocycles. The number of nitrogens with two attached hydrogens (primary N) is 2. The lowest BCUT2D eigenvalue weighted by Crippen LogP contribution is -2.56. The Morgan fingerprint density at radius 1 is 0.895 bits per heavy atom. The molecule has 3 aromatic carbocycles. The summed E-state index contributed by atoms with van der Waals surface area (Å²) in [6.07, 6.45) is 1.79. The summed E-state index contributed by atoms with van der Waals surface area (Å²) in [5, 5.41) is 28.4. The van der Waals surface area contributed by atoms with Gasteiger partial charge in [0.15, 0.2) is 24.1 Å². The van der Waals surface area contributed by atoms with Gasteiger partial charge in [-0.25, -0.2) is 4.79 Å². The van der Waals surface area contributed by atoms with Crippen LogP contribution >= 0.6 is 0 Å². The largest absolute Gasteiger partial charge is 0.507 e. The number of fused-ring (bicyclic) bond motifs is 2. The first-order valence-corrected chi connectivity index (χ1v) is 18.3. The summed E-state index contributed by atoms with van der Waals surface area (Å²) in [7, 11) is 0. The Balaban J connectivity index is 1.27. The number of aliphatic imine (C=N–C) groups is 1. The lowest BCUT2D eigenvalue weighted by Gasteiger charge is -2.25. The van der Waals surface area contributed by atoms with E-state index in [1.807, 2.05) is 13.8 Å². The molecule has 0 saturated heterocycles. The van der Waals surface area contributed by atoms with Gasteiger partial charge in [0.05, 0.1) is 5.56 Å². The maximum absolute atomic E-state index is 13.8. The molecule has 302 valence electrons. The molecule has 1 aliphatic heterocycles. The molecule has 3 atom stereocenters. The topological polar surface area (TPSA) is 267 Å². The number of amides is 3. The molecule has 0 fully saturated rings. The van der Waals surface area contributed by atoms with Crippen LogP contribution in [0.5, 0.6) is 23.0 Å². The van der Waals surface area contributed by atoms with E-state index in [9.17, 15) is 34.2 Å². The second-order valence-electron chi connectivity index (χ2n) is 13.8. The Morgan fingerprint density at radius 2 is 1.60 bits per heavy atom. The molecule has 3 amide bonds. The number of aliphatic carboxylic acids is 1. The van der Waals surface area contributed by atoms with Gasteiger partial charge in [-0.3, -0.25) is 24.2 Å². The molecular weight excluding hydrogens is 740 g/mol. The molecule has 57 heavy (non-hydrogen) atoms. The van der Waals surface area contributed by atoms with E-state index in [1.54, 1.807) is 48.5 Å². The van der Waals surface area contributed by atoms with Gasteiger partial charge >= 0.3 is 5.97 Å². The first-order chi connectivity index (χ1) is 27.3. The van der Waals surface area contributed by atoms with Crippen LogP contribution in [0.1, 0.15) is 38.7 Å². The van der Waals surface area contributed by atoms with Crippen LogP contribution < -0.4 is 47.1 Å². The van der Waals surface area contributed by atoms with Gasteiger partial charge in [0, 0.05) is 25.1 Å². The second kappa shape index (κ2) is 19.2. The third kappa shape index (κ3) is 11.4. The fraction of sp³-hybridized carbons (Fsp3) is 0.350. The van der Waals surface area contributed by atoms with Crippen molar-refractivity contribution in [2.24, 2.45) is 22.4 Å². The number of ether oxygens (including phenoxy) is 3. The number of carbonyl (C=O) groups is 4. The van der Waals surface area contributed by atoms with Gasteiger partial charge in [0.2, 0.25) is 17.2 Å².